The predicted molar refractivity (Wildman–Crippen MR) is 481 cm³/mol. The van der Waals surface area contributed by atoms with Gasteiger partial charge < -0.3 is 82.8 Å². The predicted octanol–water partition coefficient (Wildman–Crippen LogP) is 26.2. The third kappa shape index (κ3) is 30.8. The Bertz CT molecular complexity index is 7070. The number of carbonyl (C=O) groups excluding carboxylic acids is 8. The monoisotopic (exact) mass is 2140 g/mol. The van der Waals surface area contributed by atoms with E-state index in [-0.39, 0.29) is 125 Å². The van der Waals surface area contributed by atoms with Gasteiger partial charge in [-0.05, 0) is 171 Å². The Morgan fingerprint density at radius 1 is 0.331 bits per heavy atom. The van der Waals surface area contributed by atoms with Gasteiger partial charge in [0.1, 0.15) is 103 Å². The molecule has 1 aliphatic carbocycles. The second-order valence-corrected chi connectivity index (χ2v) is 31.2. The van der Waals surface area contributed by atoms with Gasteiger partial charge in [0.15, 0.2) is 74.9 Å². The first-order valence-electron chi connectivity index (χ1n) is 41.5. The number of halogens is 23. The van der Waals surface area contributed by atoms with Gasteiger partial charge in [0.2, 0.25) is 0 Å². The van der Waals surface area contributed by atoms with E-state index in [4.69, 9.17) is 65.8 Å². The van der Waals surface area contributed by atoms with Crippen molar-refractivity contribution in [3.63, 3.8) is 0 Å². The van der Waals surface area contributed by atoms with E-state index >= 15 is 0 Å². The molecule has 4 N–H and O–H groups in total. The number of hydrogen-bond acceptors (Lipinski definition) is 25. The van der Waals surface area contributed by atoms with E-state index in [1.165, 1.54) is 77.8 Å². The number of nitrogens with one attached hydrogen (secondary N) is 4. The van der Waals surface area contributed by atoms with E-state index in [1.807, 2.05) is 0 Å². The van der Waals surface area contributed by atoms with E-state index in [9.17, 15) is 131 Å². The molecule has 1 fully saturated rings. The van der Waals surface area contributed by atoms with Crippen LogP contribution in [-0.4, -0.2) is 128 Å². The van der Waals surface area contributed by atoms with Crippen LogP contribution in [0.5, 0.6) is 97.7 Å². The number of Topliss-reactive ketones (excluding diaryl/α,β-unsaturated/α-hetero) is 4. The molecule has 0 radical (unpaired) electrons. The number of pyridine rings is 4. The van der Waals surface area contributed by atoms with Crippen LogP contribution in [0.3, 0.4) is 0 Å². The van der Waals surface area contributed by atoms with E-state index in [0.29, 0.717) is 42.3 Å². The summed E-state index contributed by atoms with van der Waals surface area (Å²) in [7, 11) is 5.41. The molecule has 52 heteroatoms. The van der Waals surface area contributed by atoms with Gasteiger partial charge in [-0.15, -0.1) is 52.7 Å². The minimum absolute atomic E-state index is 0.0234. The number of benzene rings is 8. The van der Waals surface area contributed by atoms with Crippen LogP contribution in [0.25, 0.3) is 0 Å². The molecule has 4 aromatic heterocycles. The zero-order valence-electron chi connectivity index (χ0n) is 77.3. The zero-order chi connectivity index (χ0) is 109. The SMILES string of the molecule is COc1cc(OC(F)(F)F)ccc1Oc1cc(C2CC2)c(C(F)(F)F)cc1C(=O)Nc1ccnc(C(C)=O)c1.COc1cc(OC(F)(F)F)ccc1Oc1cc(Cl)cc(F)c1C(=O)Nc1cc(C(C)=O)ncc1C.COc1cc(OC(F)(F)F)ccc1Oc1ccc(C(F)(F)F)c(OC)c1C(=O)Nc1cc(C(C)=O)ncc1F.COc1cc(OC(F)(F)F)ccc1Oc1ccc(F)c(Cl)c1C(=O)Nc1cc(C(C)=O)ncc1C. The molecule has 0 unspecified atom stereocenters. The molecule has 29 nitrogen and oxygen atoms in total. The third-order valence-corrected chi connectivity index (χ3v) is 20.3. The summed E-state index contributed by atoms with van der Waals surface area (Å²) >= 11 is 12.0. The largest absolute Gasteiger partial charge is 0.573 e. The molecule has 13 rings (SSSR count). The molecule has 12 aromatic rings. The molecule has 4 heterocycles. The number of alkyl halides is 18. The first-order chi connectivity index (χ1) is 69.1. The summed E-state index contributed by atoms with van der Waals surface area (Å²) in [5, 5.41) is 8.86. The van der Waals surface area contributed by atoms with Crippen LogP contribution in [0, 0.1) is 31.3 Å². The molecule has 4 amide bonds. The Kier molecular flexibility index (Phi) is 36.1. The second kappa shape index (κ2) is 47.1. The van der Waals surface area contributed by atoms with Crippen LogP contribution in [-0.2, 0) is 12.4 Å². The first kappa shape index (κ1) is 113. The fourth-order valence-electron chi connectivity index (χ4n) is 12.9. The van der Waals surface area contributed by atoms with Crippen molar-refractivity contribution >= 4 is 92.7 Å². The van der Waals surface area contributed by atoms with Crippen LogP contribution in [0.1, 0.15) is 158 Å². The normalized spacial score (nSPS) is 11.9. The number of nitrogens with zero attached hydrogens (tertiary/aromatic N) is 4. The Labute approximate surface area is 830 Å². The van der Waals surface area contributed by atoms with Crippen molar-refractivity contribution in [1.29, 1.82) is 0 Å². The summed E-state index contributed by atoms with van der Waals surface area (Å²) in [6.45, 7) is 8.23. The number of aryl methyl sites for hydroxylation is 2. The molecule has 782 valence electrons. The van der Waals surface area contributed by atoms with Crippen molar-refractivity contribution in [1.82, 2.24) is 19.9 Å². The summed E-state index contributed by atoms with van der Waals surface area (Å²) in [6, 6.07) is 24.8. The van der Waals surface area contributed by atoms with Crippen molar-refractivity contribution < 1.29 is 192 Å². The van der Waals surface area contributed by atoms with Crippen molar-refractivity contribution in [3.05, 3.63) is 277 Å². The average Bonchev–Trinajstić information content (AvgIpc) is 1.73. The van der Waals surface area contributed by atoms with Crippen molar-refractivity contribution in [2.45, 2.75) is 98.1 Å². The highest BCUT2D eigenvalue weighted by Gasteiger charge is 2.43. The molecule has 0 saturated heterocycles. The lowest BCUT2D eigenvalue weighted by Gasteiger charge is -2.20. The minimum atomic E-state index is -5.02. The van der Waals surface area contributed by atoms with Crippen molar-refractivity contribution in [2.75, 3.05) is 56.8 Å². The number of rotatable bonds is 30. The first-order valence-corrected chi connectivity index (χ1v) is 42.2. The molecular formula is C96H71Cl2F21N8O21. The number of ketones is 4. The topological polar surface area (TPSA) is 356 Å². The molecule has 0 bridgehead atoms. The summed E-state index contributed by atoms with van der Waals surface area (Å²) in [5.74, 6) is -15.8. The number of carbonyl (C=O) groups is 8. The van der Waals surface area contributed by atoms with Crippen molar-refractivity contribution in [2.24, 2.45) is 0 Å². The number of ether oxygens (including phenoxy) is 13. The van der Waals surface area contributed by atoms with E-state index in [0.717, 1.165) is 144 Å². The third-order valence-electron chi connectivity index (χ3n) is 19.7. The molecule has 1 saturated carbocycles. The number of methoxy groups -OCH3 is 5. The summed E-state index contributed by atoms with van der Waals surface area (Å²) in [5.41, 5.74) is -3.86. The van der Waals surface area contributed by atoms with Crippen LogP contribution in [0.4, 0.5) is 115 Å². The number of hydrogen-bond donors (Lipinski definition) is 4. The van der Waals surface area contributed by atoms with Crippen LogP contribution in [0.2, 0.25) is 10.0 Å². The highest BCUT2D eigenvalue weighted by atomic mass is 35.5. The molecule has 0 aliphatic heterocycles. The average molecular weight is 2140 g/mol. The fraction of sp³-hybridized carbons (Fsp3) is 0.208. The molecule has 1 aliphatic rings. The fourth-order valence-corrected chi connectivity index (χ4v) is 13.3. The van der Waals surface area contributed by atoms with Gasteiger partial charge in [0.05, 0.1) is 69.1 Å². The Morgan fingerprint density at radius 3 is 1.09 bits per heavy atom. The number of anilines is 4. The maximum Gasteiger partial charge on any atom is 0.573 e. The summed E-state index contributed by atoms with van der Waals surface area (Å²) in [4.78, 5) is 114. The molecule has 8 aromatic carbocycles. The van der Waals surface area contributed by atoms with E-state index in [1.54, 1.807) is 13.8 Å². The number of amides is 4. The summed E-state index contributed by atoms with van der Waals surface area (Å²) < 4.78 is 340. The Morgan fingerprint density at radius 2 is 0.696 bits per heavy atom. The Balaban J connectivity index is 0.000000202. The summed E-state index contributed by atoms with van der Waals surface area (Å²) in [6.07, 6.45) is -24.0. The quantitative estimate of drug-likeness (QED) is 0.0240. The van der Waals surface area contributed by atoms with Gasteiger partial charge in [0, 0.05) is 98.7 Å². The lowest BCUT2D eigenvalue weighted by Crippen LogP contribution is -2.19. The lowest BCUT2D eigenvalue weighted by molar-refractivity contribution is -0.275. The van der Waals surface area contributed by atoms with Gasteiger partial charge in [-0.2, -0.15) is 26.3 Å². The van der Waals surface area contributed by atoms with Gasteiger partial charge in [-0.1, -0.05) is 23.2 Å². The maximum atomic E-state index is 14.8. The molecule has 148 heavy (non-hydrogen) atoms. The minimum Gasteiger partial charge on any atom is -0.495 e. The highest BCUT2D eigenvalue weighted by Crippen LogP contribution is 2.52. The van der Waals surface area contributed by atoms with E-state index in [2.05, 4.69) is 60.2 Å². The van der Waals surface area contributed by atoms with Crippen molar-refractivity contribution in [3.8, 4) is 97.7 Å². The number of aromatic nitrogens is 4. The molecule has 0 spiro atoms. The molecule has 0 atom stereocenters. The zero-order valence-corrected chi connectivity index (χ0v) is 78.8. The smallest absolute Gasteiger partial charge is 0.495 e. The van der Waals surface area contributed by atoms with Crippen LogP contribution >= 0.6 is 23.2 Å². The van der Waals surface area contributed by atoms with Crippen LogP contribution in [0.15, 0.2) is 176 Å². The van der Waals surface area contributed by atoms with Gasteiger partial charge in [0.25, 0.3) is 23.6 Å². The molecular weight excluding hydrogens is 2070 g/mol. The standard InChI is InChI=1S/C26H20F6N2O5.C24H17F7N2O6.2C23H17ClF4N2O5/c1-13(35)20-9-15(7-8-33-20)34-24(36)18-11-19(25(27,28)29)17(14-3-4-14)12-22(18)38-21-6-5-16(10-23(21)37-2)39-26(30,31)32;1-11(34)15-9-16(14(25)10-32-15)33-22(35)20-18(7-5-13(21(20)37-3)23(26,27)28)38-17-6-4-12(8-19(17)36-2)39-24(29,30)31;1-11-10-29-16(12(2)31)9-15(11)30-22(32)20-18(7-5-14(25)21(20)24)34-17-6-4-13(8-19(17)33-3)35-23(26,27)28;1-11-10-29-17(12(2)31)9-16(11)30-22(32)21-15(25)6-13(24)7-20(21)34-18-5-4-14(8-19(18)33-3)35-23(26,27)28/h5-12,14H,3-4H2,1-2H3,(H,33,34,36);4-10H,1-3H3,(H,32,33,35);2*4-10H,1-3H3,(H,29,30,32). The van der Waals surface area contributed by atoms with Crippen LogP contribution < -0.4 is 82.8 Å². The lowest BCUT2D eigenvalue weighted by atomic mass is 9.98. The van der Waals surface area contributed by atoms with Gasteiger partial charge >= 0.3 is 37.8 Å². The highest BCUT2D eigenvalue weighted by molar-refractivity contribution is 6.35. The van der Waals surface area contributed by atoms with E-state index < -0.39 is 175 Å². The second-order valence-electron chi connectivity index (χ2n) is 30.4. The van der Waals surface area contributed by atoms with Gasteiger partial charge in [-0.25, -0.2) is 18.2 Å². The maximum absolute atomic E-state index is 14.8. The van der Waals surface area contributed by atoms with Gasteiger partial charge in [-0.3, -0.25) is 53.3 Å². The Hall–Kier alpha value is -16.6.